The normalized spacial score (nSPS) is 10.8. The zero-order chi connectivity index (χ0) is 20.4. The van der Waals surface area contributed by atoms with Gasteiger partial charge >= 0.3 is 0 Å². The van der Waals surface area contributed by atoms with Crippen LogP contribution >= 0.6 is 11.3 Å². The molecule has 3 aromatic carbocycles. The Bertz CT molecular complexity index is 1180. The fourth-order valence-electron chi connectivity index (χ4n) is 3.11. The first-order chi connectivity index (χ1) is 14.0. The van der Waals surface area contributed by atoms with Crippen LogP contribution in [0.1, 0.15) is 21.5 Å². The molecule has 0 aliphatic heterocycles. The van der Waals surface area contributed by atoms with Crippen LogP contribution in [0.15, 0.2) is 66.7 Å². The molecule has 0 fully saturated rings. The van der Waals surface area contributed by atoms with Crippen LogP contribution in [-0.4, -0.2) is 15.8 Å². The van der Waals surface area contributed by atoms with E-state index in [2.05, 4.69) is 16.4 Å². The number of carbonyl (C=O) groups excluding carboxylic acids is 1. The number of para-hydroxylation sites is 1. The van der Waals surface area contributed by atoms with Crippen molar-refractivity contribution in [3.63, 3.8) is 0 Å². The van der Waals surface area contributed by atoms with Gasteiger partial charge in [-0.3, -0.25) is 14.9 Å². The van der Waals surface area contributed by atoms with E-state index in [1.807, 2.05) is 42.5 Å². The Morgan fingerprint density at radius 3 is 2.55 bits per heavy atom. The Balaban J connectivity index is 1.46. The highest BCUT2D eigenvalue weighted by atomic mass is 32.1. The van der Waals surface area contributed by atoms with Crippen molar-refractivity contribution in [3.05, 3.63) is 93.5 Å². The van der Waals surface area contributed by atoms with Crippen molar-refractivity contribution in [2.45, 2.75) is 13.5 Å². The van der Waals surface area contributed by atoms with Gasteiger partial charge < -0.3 is 5.32 Å². The van der Waals surface area contributed by atoms with Crippen molar-refractivity contribution in [2.75, 3.05) is 0 Å². The van der Waals surface area contributed by atoms with Crippen molar-refractivity contribution in [2.24, 2.45) is 0 Å². The van der Waals surface area contributed by atoms with Gasteiger partial charge in [0.25, 0.3) is 11.6 Å². The van der Waals surface area contributed by atoms with Gasteiger partial charge in [0.05, 0.1) is 15.1 Å². The molecule has 0 spiro atoms. The molecule has 1 amide bonds. The Morgan fingerprint density at radius 2 is 1.83 bits per heavy atom. The molecule has 7 heteroatoms. The lowest BCUT2D eigenvalue weighted by Crippen LogP contribution is -2.23. The number of nitro groups is 1. The van der Waals surface area contributed by atoms with E-state index >= 15 is 0 Å². The smallest absolute Gasteiger partial charge is 0.273 e. The van der Waals surface area contributed by atoms with Crippen molar-refractivity contribution >= 4 is 33.1 Å². The lowest BCUT2D eigenvalue weighted by Gasteiger charge is -2.08. The SMILES string of the molecule is Cc1c(C(=O)NCc2ccc(-c3nc4ccccc4s3)cc2)cccc1[N+](=O)[O-]. The second-order valence-corrected chi connectivity index (χ2v) is 7.60. The molecule has 0 saturated heterocycles. The molecular weight excluding hydrogens is 386 g/mol. The average molecular weight is 403 g/mol. The molecule has 1 heterocycles. The molecule has 29 heavy (non-hydrogen) atoms. The van der Waals surface area contributed by atoms with Crippen LogP contribution in [0.25, 0.3) is 20.8 Å². The zero-order valence-electron chi connectivity index (χ0n) is 15.6. The third kappa shape index (κ3) is 3.86. The quantitative estimate of drug-likeness (QED) is 0.371. The molecule has 0 saturated carbocycles. The summed E-state index contributed by atoms with van der Waals surface area (Å²) in [7, 11) is 0. The van der Waals surface area contributed by atoms with E-state index in [9.17, 15) is 14.9 Å². The number of nitro benzene ring substituents is 1. The predicted octanol–water partition coefficient (Wildman–Crippen LogP) is 5.11. The second kappa shape index (κ2) is 7.81. The molecule has 0 atom stereocenters. The first-order valence-corrected chi connectivity index (χ1v) is 9.81. The minimum atomic E-state index is -0.479. The number of hydrogen-bond acceptors (Lipinski definition) is 5. The van der Waals surface area contributed by atoms with Gasteiger partial charge in [-0.1, -0.05) is 42.5 Å². The van der Waals surface area contributed by atoms with Crippen molar-refractivity contribution < 1.29 is 9.72 Å². The molecular formula is C22H17N3O3S. The molecule has 0 radical (unpaired) electrons. The van der Waals surface area contributed by atoms with Gasteiger partial charge in [0.15, 0.2) is 0 Å². The van der Waals surface area contributed by atoms with E-state index in [0.29, 0.717) is 17.7 Å². The minimum absolute atomic E-state index is 0.0576. The molecule has 4 aromatic rings. The Labute approximate surface area is 171 Å². The molecule has 6 nitrogen and oxygen atoms in total. The number of benzene rings is 3. The van der Waals surface area contributed by atoms with E-state index in [-0.39, 0.29) is 11.6 Å². The number of nitrogens with zero attached hydrogens (tertiary/aromatic N) is 2. The third-order valence-corrected chi connectivity index (χ3v) is 5.78. The van der Waals surface area contributed by atoms with Gasteiger partial charge in [0, 0.05) is 29.3 Å². The second-order valence-electron chi connectivity index (χ2n) is 6.57. The molecule has 1 aromatic heterocycles. The average Bonchev–Trinajstić information content (AvgIpc) is 3.16. The maximum atomic E-state index is 12.5. The number of fused-ring (bicyclic) bond motifs is 1. The molecule has 0 bridgehead atoms. The monoisotopic (exact) mass is 403 g/mol. The lowest BCUT2D eigenvalue weighted by atomic mass is 10.1. The van der Waals surface area contributed by atoms with Gasteiger partial charge in [-0.05, 0) is 30.7 Å². The van der Waals surface area contributed by atoms with Crippen LogP contribution in [0.3, 0.4) is 0 Å². The Morgan fingerprint density at radius 1 is 1.07 bits per heavy atom. The van der Waals surface area contributed by atoms with Crippen LogP contribution in [0.4, 0.5) is 5.69 Å². The van der Waals surface area contributed by atoms with Gasteiger partial charge in [-0.25, -0.2) is 4.98 Å². The number of thiazole rings is 1. The number of amides is 1. The topological polar surface area (TPSA) is 85.1 Å². The molecule has 0 aliphatic rings. The standard InChI is InChI=1S/C22H17N3O3S/c1-14-17(5-4-7-19(14)25(27)28)21(26)23-13-15-9-11-16(12-10-15)22-24-18-6-2-3-8-20(18)29-22/h2-12H,13H2,1H3,(H,23,26). The summed E-state index contributed by atoms with van der Waals surface area (Å²) in [5.74, 6) is -0.332. The van der Waals surface area contributed by atoms with E-state index in [0.717, 1.165) is 26.4 Å². The maximum Gasteiger partial charge on any atom is 0.273 e. The van der Waals surface area contributed by atoms with Crippen LogP contribution < -0.4 is 5.32 Å². The van der Waals surface area contributed by atoms with Gasteiger partial charge in [-0.2, -0.15) is 0 Å². The zero-order valence-corrected chi connectivity index (χ0v) is 16.4. The number of hydrogen-bond donors (Lipinski definition) is 1. The largest absolute Gasteiger partial charge is 0.348 e. The van der Waals surface area contributed by atoms with Crippen molar-refractivity contribution in [1.82, 2.24) is 10.3 Å². The van der Waals surface area contributed by atoms with Crippen molar-refractivity contribution in [1.29, 1.82) is 0 Å². The first kappa shape index (κ1) is 18.8. The summed E-state index contributed by atoms with van der Waals surface area (Å²) in [5.41, 5.74) is 3.56. The van der Waals surface area contributed by atoms with E-state index < -0.39 is 4.92 Å². The maximum absolute atomic E-state index is 12.5. The number of carbonyl (C=O) groups is 1. The van der Waals surface area contributed by atoms with Gasteiger partial charge in [0.2, 0.25) is 0 Å². The van der Waals surface area contributed by atoms with Crippen LogP contribution in [0.5, 0.6) is 0 Å². The van der Waals surface area contributed by atoms with Crippen LogP contribution in [-0.2, 0) is 6.54 Å². The molecule has 4 rings (SSSR count). The highest BCUT2D eigenvalue weighted by Crippen LogP contribution is 2.30. The third-order valence-electron chi connectivity index (χ3n) is 4.69. The van der Waals surface area contributed by atoms with E-state index in [4.69, 9.17) is 0 Å². The molecule has 1 N–H and O–H groups in total. The Hall–Kier alpha value is -3.58. The van der Waals surface area contributed by atoms with Gasteiger partial charge in [-0.15, -0.1) is 11.3 Å². The van der Waals surface area contributed by atoms with E-state index in [1.54, 1.807) is 24.3 Å². The highest BCUT2D eigenvalue weighted by molar-refractivity contribution is 7.21. The van der Waals surface area contributed by atoms with Crippen LogP contribution in [0.2, 0.25) is 0 Å². The summed E-state index contributed by atoms with van der Waals surface area (Å²) >= 11 is 1.64. The van der Waals surface area contributed by atoms with Crippen LogP contribution in [0, 0.1) is 17.0 Å². The number of rotatable bonds is 5. The Kier molecular flexibility index (Phi) is 5.05. The highest BCUT2D eigenvalue weighted by Gasteiger charge is 2.17. The fraction of sp³-hybridized carbons (Fsp3) is 0.0909. The summed E-state index contributed by atoms with van der Waals surface area (Å²) in [6.45, 7) is 1.92. The van der Waals surface area contributed by atoms with E-state index in [1.165, 1.54) is 12.1 Å². The summed E-state index contributed by atoms with van der Waals surface area (Å²) in [5, 5.41) is 14.8. The summed E-state index contributed by atoms with van der Waals surface area (Å²) < 4.78 is 1.14. The lowest BCUT2D eigenvalue weighted by molar-refractivity contribution is -0.385. The molecule has 144 valence electrons. The fourth-order valence-corrected chi connectivity index (χ4v) is 4.08. The number of nitrogens with one attached hydrogen (secondary N) is 1. The van der Waals surface area contributed by atoms with Gasteiger partial charge in [0.1, 0.15) is 5.01 Å². The first-order valence-electron chi connectivity index (χ1n) is 9.00. The number of aromatic nitrogens is 1. The van der Waals surface area contributed by atoms with Crippen molar-refractivity contribution in [3.8, 4) is 10.6 Å². The summed E-state index contributed by atoms with van der Waals surface area (Å²) in [4.78, 5) is 27.7. The predicted molar refractivity (Wildman–Crippen MR) is 114 cm³/mol. The minimum Gasteiger partial charge on any atom is -0.348 e. The molecule has 0 aliphatic carbocycles. The molecule has 0 unspecified atom stereocenters. The summed E-state index contributed by atoms with van der Waals surface area (Å²) in [6.07, 6.45) is 0. The summed E-state index contributed by atoms with van der Waals surface area (Å²) in [6, 6.07) is 20.4.